The molecule has 0 heterocycles. The first-order chi connectivity index (χ1) is 11.4. The number of benzene rings is 2. The minimum absolute atomic E-state index is 0.0250. The van der Waals surface area contributed by atoms with Gasteiger partial charge in [-0.15, -0.1) is 0 Å². The third-order valence-corrected chi connectivity index (χ3v) is 3.74. The van der Waals surface area contributed by atoms with Gasteiger partial charge < -0.3 is 29.2 Å². The molecule has 0 saturated heterocycles. The maximum atomic E-state index is 10.5. The lowest BCUT2D eigenvalue weighted by Crippen LogP contribution is -2.28. The lowest BCUT2D eigenvalue weighted by molar-refractivity contribution is -0.168. The van der Waals surface area contributed by atoms with Gasteiger partial charge in [0.1, 0.15) is 0 Å². The number of aliphatic hydroxyl groups is 2. The van der Waals surface area contributed by atoms with Crippen molar-refractivity contribution in [3.05, 3.63) is 47.5 Å². The zero-order valence-electron chi connectivity index (χ0n) is 14.2. The molecule has 0 aliphatic heterocycles. The van der Waals surface area contributed by atoms with E-state index in [0.717, 1.165) is 0 Å². The van der Waals surface area contributed by atoms with E-state index in [1.807, 2.05) is 0 Å². The summed E-state index contributed by atoms with van der Waals surface area (Å²) in [6.07, 6.45) is -0.0250. The van der Waals surface area contributed by atoms with E-state index in [0.29, 0.717) is 34.1 Å². The van der Waals surface area contributed by atoms with Crippen molar-refractivity contribution < 1.29 is 29.2 Å². The van der Waals surface area contributed by atoms with E-state index in [2.05, 4.69) is 0 Å². The van der Waals surface area contributed by atoms with Gasteiger partial charge in [-0.1, -0.05) is 6.07 Å². The van der Waals surface area contributed by atoms with Crippen LogP contribution in [0.1, 0.15) is 11.1 Å². The summed E-state index contributed by atoms with van der Waals surface area (Å²) in [5.41, 5.74) is 0.988. The highest BCUT2D eigenvalue weighted by Crippen LogP contribution is 2.34. The van der Waals surface area contributed by atoms with E-state index in [9.17, 15) is 10.2 Å². The third-order valence-electron chi connectivity index (χ3n) is 3.74. The summed E-state index contributed by atoms with van der Waals surface area (Å²) >= 11 is 0. The van der Waals surface area contributed by atoms with Crippen LogP contribution in [0.2, 0.25) is 0 Å². The second-order valence-corrected chi connectivity index (χ2v) is 5.25. The largest absolute Gasteiger partial charge is 0.493 e. The van der Waals surface area contributed by atoms with E-state index < -0.39 is 5.79 Å². The van der Waals surface area contributed by atoms with Crippen molar-refractivity contribution in [2.24, 2.45) is 0 Å². The predicted octanol–water partition coefficient (Wildman–Crippen LogP) is 2.10. The normalized spacial score (nSPS) is 11.1. The van der Waals surface area contributed by atoms with Crippen molar-refractivity contribution in [1.82, 2.24) is 0 Å². The van der Waals surface area contributed by atoms with Crippen molar-refractivity contribution in [3.8, 4) is 23.0 Å². The predicted molar refractivity (Wildman–Crippen MR) is 88.9 cm³/mol. The molecule has 24 heavy (non-hydrogen) atoms. The molecule has 6 heteroatoms. The Morgan fingerprint density at radius 2 is 1.21 bits per heavy atom. The Balaban J connectivity index is 2.31. The Hall–Kier alpha value is -2.44. The molecule has 0 bridgehead atoms. The molecule has 2 aromatic rings. The van der Waals surface area contributed by atoms with E-state index in [1.54, 1.807) is 43.5 Å². The van der Waals surface area contributed by atoms with Crippen LogP contribution in [0.5, 0.6) is 23.0 Å². The average molecular weight is 334 g/mol. The van der Waals surface area contributed by atoms with Crippen LogP contribution in [-0.4, -0.2) is 38.7 Å². The summed E-state index contributed by atoms with van der Waals surface area (Å²) in [6, 6.07) is 9.94. The van der Waals surface area contributed by atoms with Gasteiger partial charge in [0.25, 0.3) is 0 Å². The topological polar surface area (TPSA) is 77.4 Å². The van der Waals surface area contributed by atoms with Crippen LogP contribution < -0.4 is 18.9 Å². The van der Waals surface area contributed by atoms with Gasteiger partial charge in [0.2, 0.25) is 0 Å². The SMILES string of the molecule is COc1ccc(CC(O)(O)c2ccc(OC)c(OC)c2)cc1OC. The summed E-state index contributed by atoms with van der Waals surface area (Å²) in [5, 5.41) is 21.0. The first-order valence-electron chi connectivity index (χ1n) is 7.33. The van der Waals surface area contributed by atoms with Gasteiger partial charge in [0, 0.05) is 12.0 Å². The number of ether oxygens (including phenoxy) is 4. The summed E-state index contributed by atoms with van der Waals surface area (Å²) in [4.78, 5) is 0. The van der Waals surface area contributed by atoms with Gasteiger partial charge in [0.15, 0.2) is 28.8 Å². The summed E-state index contributed by atoms with van der Waals surface area (Å²) < 4.78 is 20.8. The minimum atomic E-state index is -2.07. The minimum Gasteiger partial charge on any atom is -0.493 e. The molecule has 0 fully saturated rings. The van der Waals surface area contributed by atoms with E-state index >= 15 is 0 Å². The number of rotatable bonds is 7. The highest BCUT2D eigenvalue weighted by Gasteiger charge is 2.28. The number of methoxy groups -OCH3 is 4. The van der Waals surface area contributed by atoms with Gasteiger partial charge in [0.05, 0.1) is 28.4 Å². The van der Waals surface area contributed by atoms with Gasteiger partial charge in [-0.05, 0) is 35.9 Å². The zero-order valence-corrected chi connectivity index (χ0v) is 14.2. The Morgan fingerprint density at radius 3 is 1.75 bits per heavy atom. The zero-order chi connectivity index (χ0) is 17.7. The Kier molecular flexibility index (Phi) is 5.54. The van der Waals surface area contributed by atoms with Crippen molar-refractivity contribution in [2.45, 2.75) is 12.2 Å². The Morgan fingerprint density at radius 1 is 0.708 bits per heavy atom. The molecular weight excluding hydrogens is 312 g/mol. The van der Waals surface area contributed by atoms with Crippen molar-refractivity contribution >= 4 is 0 Å². The molecule has 0 unspecified atom stereocenters. The summed E-state index contributed by atoms with van der Waals surface area (Å²) in [6.45, 7) is 0. The molecule has 0 aliphatic rings. The molecular formula is C18H22O6. The summed E-state index contributed by atoms with van der Waals surface area (Å²) in [7, 11) is 6.09. The summed E-state index contributed by atoms with van der Waals surface area (Å²) in [5.74, 6) is -0.0241. The van der Waals surface area contributed by atoms with Crippen LogP contribution >= 0.6 is 0 Å². The molecule has 0 spiro atoms. The van der Waals surface area contributed by atoms with Gasteiger partial charge in [-0.3, -0.25) is 0 Å². The molecule has 2 aromatic carbocycles. The molecule has 6 nitrogen and oxygen atoms in total. The Bertz CT molecular complexity index is 696. The molecule has 130 valence electrons. The molecule has 2 N–H and O–H groups in total. The second kappa shape index (κ2) is 7.42. The van der Waals surface area contributed by atoms with Gasteiger partial charge in [-0.2, -0.15) is 0 Å². The molecule has 0 aliphatic carbocycles. The standard InChI is InChI=1S/C18H22O6/c1-21-14-7-5-12(9-16(14)23-3)11-18(19,20)13-6-8-15(22-2)17(10-13)24-4/h5-10,19-20H,11H2,1-4H3. The highest BCUT2D eigenvalue weighted by atomic mass is 16.5. The van der Waals surface area contributed by atoms with Crippen LogP contribution in [0.3, 0.4) is 0 Å². The maximum Gasteiger partial charge on any atom is 0.194 e. The molecule has 0 saturated carbocycles. The van der Waals surface area contributed by atoms with E-state index in [-0.39, 0.29) is 6.42 Å². The van der Waals surface area contributed by atoms with Crippen molar-refractivity contribution in [1.29, 1.82) is 0 Å². The van der Waals surface area contributed by atoms with Crippen molar-refractivity contribution in [3.63, 3.8) is 0 Å². The number of hydrogen-bond donors (Lipinski definition) is 2. The second-order valence-electron chi connectivity index (χ2n) is 5.25. The third kappa shape index (κ3) is 3.72. The Labute approximate surface area is 141 Å². The fourth-order valence-electron chi connectivity index (χ4n) is 2.46. The lowest BCUT2D eigenvalue weighted by Gasteiger charge is -2.24. The number of hydrogen-bond acceptors (Lipinski definition) is 6. The van der Waals surface area contributed by atoms with Gasteiger partial charge >= 0.3 is 0 Å². The molecule has 2 rings (SSSR count). The molecule has 0 radical (unpaired) electrons. The van der Waals surface area contributed by atoms with Crippen LogP contribution in [-0.2, 0) is 12.2 Å². The lowest BCUT2D eigenvalue weighted by atomic mass is 9.97. The first-order valence-corrected chi connectivity index (χ1v) is 7.33. The average Bonchev–Trinajstić information content (AvgIpc) is 2.60. The quantitative estimate of drug-likeness (QED) is 0.755. The fourth-order valence-corrected chi connectivity index (χ4v) is 2.46. The van der Waals surface area contributed by atoms with E-state index in [4.69, 9.17) is 18.9 Å². The molecule has 0 aromatic heterocycles. The van der Waals surface area contributed by atoms with Crippen LogP contribution in [0.4, 0.5) is 0 Å². The molecule has 0 amide bonds. The smallest absolute Gasteiger partial charge is 0.194 e. The maximum absolute atomic E-state index is 10.5. The van der Waals surface area contributed by atoms with Crippen LogP contribution in [0, 0.1) is 0 Å². The van der Waals surface area contributed by atoms with E-state index in [1.165, 1.54) is 21.3 Å². The van der Waals surface area contributed by atoms with Crippen LogP contribution in [0.25, 0.3) is 0 Å². The first kappa shape index (κ1) is 17.9. The highest BCUT2D eigenvalue weighted by molar-refractivity contribution is 5.46. The fraction of sp³-hybridized carbons (Fsp3) is 0.333. The monoisotopic (exact) mass is 334 g/mol. The van der Waals surface area contributed by atoms with Crippen molar-refractivity contribution in [2.75, 3.05) is 28.4 Å². The van der Waals surface area contributed by atoms with Crippen LogP contribution in [0.15, 0.2) is 36.4 Å². The molecule has 0 atom stereocenters. The van der Waals surface area contributed by atoms with Gasteiger partial charge in [-0.25, -0.2) is 0 Å².